The van der Waals surface area contributed by atoms with E-state index in [0.717, 1.165) is 0 Å². The monoisotopic (exact) mass is 212 g/mol. The Morgan fingerprint density at radius 3 is 2.64 bits per heavy atom. The molecule has 2 N–H and O–H groups in total. The van der Waals surface area contributed by atoms with Crippen molar-refractivity contribution < 1.29 is 9.63 Å². The Kier molecular flexibility index (Phi) is 3.94. The lowest BCUT2D eigenvalue weighted by atomic mass is 10.2. The van der Waals surface area contributed by atoms with Crippen molar-refractivity contribution in [3.05, 3.63) is 35.9 Å². The van der Waals surface area contributed by atoms with Crippen molar-refractivity contribution in [3.63, 3.8) is 0 Å². The van der Waals surface area contributed by atoms with E-state index in [1.165, 1.54) is 0 Å². The van der Waals surface area contributed by atoms with Crippen molar-refractivity contribution in [3.8, 4) is 0 Å². The first-order valence-electron chi connectivity index (χ1n) is 3.88. The molecule has 4 nitrogen and oxygen atoms in total. The molecular weight excluding hydrogens is 204 g/mol. The van der Waals surface area contributed by atoms with Crippen LogP contribution in [-0.4, -0.2) is 17.7 Å². The van der Waals surface area contributed by atoms with Crippen LogP contribution in [0.4, 0.5) is 0 Å². The Labute approximate surface area is 86.3 Å². The van der Waals surface area contributed by atoms with Crippen molar-refractivity contribution in [1.29, 1.82) is 0 Å². The second-order valence-electron chi connectivity index (χ2n) is 2.44. The number of hydrogen-bond donors (Lipinski definition) is 1. The molecule has 1 aromatic rings. The van der Waals surface area contributed by atoms with E-state index in [0.29, 0.717) is 5.56 Å². The van der Waals surface area contributed by atoms with Gasteiger partial charge in [0, 0.05) is 5.56 Å². The van der Waals surface area contributed by atoms with Gasteiger partial charge in [-0.1, -0.05) is 35.5 Å². The zero-order valence-electron chi connectivity index (χ0n) is 7.31. The summed E-state index contributed by atoms with van der Waals surface area (Å²) < 4.78 is 0. The first kappa shape index (κ1) is 10.5. The zero-order valence-corrected chi connectivity index (χ0v) is 8.07. The van der Waals surface area contributed by atoms with Crippen molar-refractivity contribution in [2.75, 3.05) is 5.88 Å². The van der Waals surface area contributed by atoms with Crippen molar-refractivity contribution in [1.82, 2.24) is 0 Å². The summed E-state index contributed by atoms with van der Waals surface area (Å²) in [7, 11) is 0. The van der Waals surface area contributed by atoms with Gasteiger partial charge in [-0.05, 0) is 0 Å². The number of nitrogens with two attached hydrogens (primary N) is 1. The van der Waals surface area contributed by atoms with Crippen LogP contribution in [0.2, 0.25) is 0 Å². The molecule has 1 aromatic carbocycles. The van der Waals surface area contributed by atoms with Gasteiger partial charge in [0.05, 0.1) is 0 Å². The van der Waals surface area contributed by atoms with Crippen LogP contribution in [0.25, 0.3) is 0 Å². The highest BCUT2D eigenvalue weighted by atomic mass is 35.5. The smallest absolute Gasteiger partial charge is 0.349 e. The van der Waals surface area contributed by atoms with Gasteiger partial charge in [-0.2, -0.15) is 0 Å². The minimum absolute atomic E-state index is 0.143. The molecule has 74 valence electrons. The number of alkyl halides is 1. The van der Waals surface area contributed by atoms with E-state index >= 15 is 0 Å². The Bertz CT molecular complexity index is 338. The number of carbonyl (C=O) groups is 1. The Hall–Kier alpha value is -1.55. The topological polar surface area (TPSA) is 64.7 Å². The number of oxime groups is 1. The van der Waals surface area contributed by atoms with Crippen molar-refractivity contribution >= 4 is 23.4 Å². The summed E-state index contributed by atoms with van der Waals surface area (Å²) in [5, 5.41) is 3.43. The van der Waals surface area contributed by atoms with Crippen LogP contribution in [0.1, 0.15) is 5.56 Å². The normalized spacial score (nSPS) is 11.1. The molecule has 0 bridgehead atoms. The van der Waals surface area contributed by atoms with E-state index in [2.05, 4.69) is 9.99 Å². The minimum atomic E-state index is -0.634. The van der Waals surface area contributed by atoms with E-state index in [-0.39, 0.29) is 11.7 Å². The molecule has 0 radical (unpaired) electrons. The molecule has 0 fully saturated rings. The maximum absolute atomic E-state index is 10.6. The molecule has 14 heavy (non-hydrogen) atoms. The molecule has 0 saturated carbocycles. The number of hydrogen-bond acceptors (Lipinski definition) is 3. The standard InChI is InChI=1S/C9H9ClN2O2/c10-6-8(13)14-12-9(11)7-4-2-1-3-5-7/h1-5H,6H2,(H2,11,12). The third-order valence-electron chi connectivity index (χ3n) is 1.42. The first-order chi connectivity index (χ1) is 6.74. The molecule has 0 spiro atoms. The number of halogens is 1. The van der Waals surface area contributed by atoms with Crippen LogP contribution in [0.3, 0.4) is 0 Å². The predicted octanol–water partition coefficient (Wildman–Crippen LogP) is 1.09. The van der Waals surface area contributed by atoms with E-state index in [4.69, 9.17) is 17.3 Å². The lowest BCUT2D eigenvalue weighted by molar-refractivity contribution is -0.140. The summed E-state index contributed by atoms with van der Waals surface area (Å²) in [6.45, 7) is 0. The summed E-state index contributed by atoms with van der Waals surface area (Å²) >= 11 is 5.20. The van der Waals surface area contributed by atoms with Gasteiger partial charge in [0.1, 0.15) is 5.88 Å². The average molecular weight is 213 g/mol. The third kappa shape index (κ3) is 3.06. The van der Waals surface area contributed by atoms with Gasteiger partial charge < -0.3 is 10.6 Å². The molecule has 0 aromatic heterocycles. The quantitative estimate of drug-likeness (QED) is 0.268. The average Bonchev–Trinajstić information content (AvgIpc) is 2.26. The lowest BCUT2D eigenvalue weighted by Gasteiger charge is -1.98. The lowest BCUT2D eigenvalue weighted by Crippen LogP contribution is -2.15. The summed E-state index contributed by atoms with van der Waals surface area (Å²) in [6, 6.07) is 8.98. The van der Waals surface area contributed by atoms with Crippen LogP contribution in [0.5, 0.6) is 0 Å². The van der Waals surface area contributed by atoms with Crippen LogP contribution in [-0.2, 0) is 9.63 Å². The summed E-state index contributed by atoms with van der Waals surface area (Å²) in [5.41, 5.74) is 6.22. The van der Waals surface area contributed by atoms with Gasteiger partial charge in [0.2, 0.25) is 0 Å². The maximum atomic E-state index is 10.6. The van der Waals surface area contributed by atoms with E-state index in [1.807, 2.05) is 6.07 Å². The molecule has 0 aliphatic heterocycles. The van der Waals surface area contributed by atoms with Gasteiger partial charge in [0.25, 0.3) is 0 Å². The molecule has 0 atom stereocenters. The maximum Gasteiger partial charge on any atom is 0.349 e. The Morgan fingerprint density at radius 2 is 2.07 bits per heavy atom. The second-order valence-corrected chi connectivity index (χ2v) is 2.71. The number of carbonyl (C=O) groups excluding carboxylic acids is 1. The van der Waals surface area contributed by atoms with Crippen LogP contribution in [0.15, 0.2) is 35.5 Å². The second kappa shape index (κ2) is 5.24. The molecule has 0 amide bonds. The highest BCUT2D eigenvalue weighted by Gasteiger charge is 2.01. The van der Waals surface area contributed by atoms with E-state index in [1.54, 1.807) is 24.3 Å². The van der Waals surface area contributed by atoms with Crippen molar-refractivity contribution in [2.45, 2.75) is 0 Å². The predicted molar refractivity (Wildman–Crippen MR) is 54.0 cm³/mol. The van der Waals surface area contributed by atoms with E-state index in [9.17, 15) is 4.79 Å². The number of rotatable bonds is 3. The number of amidine groups is 1. The summed E-state index contributed by atoms with van der Waals surface area (Å²) in [4.78, 5) is 15.0. The fourth-order valence-electron chi connectivity index (χ4n) is 0.786. The van der Waals surface area contributed by atoms with Gasteiger partial charge in [0.15, 0.2) is 5.84 Å². The molecular formula is C9H9ClN2O2. The van der Waals surface area contributed by atoms with Gasteiger partial charge in [-0.3, -0.25) is 0 Å². The Balaban J connectivity index is 2.66. The fraction of sp³-hybridized carbons (Fsp3) is 0.111. The largest absolute Gasteiger partial charge is 0.380 e. The molecule has 5 heteroatoms. The van der Waals surface area contributed by atoms with Crippen molar-refractivity contribution in [2.24, 2.45) is 10.9 Å². The molecule has 1 rings (SSSR count). The Morgan fingerprint density at radius 1 is 1.43 bits per heavy atom. The first-order valence-corrected chi connectivity index (χ1v) is 4.42. The number of benzene rings is 1. The minimum Gasteiger partial charge on any atom is -0.380 e. The van der Waals surface area contributed by atoms with Gasteiger partial charge >= 0.3 is 5.97 Å². The highest BCUT2D eigenvalue weighted by molar-refractivity contribution is 6.26. The SMILES string of the molecule is N/C(=N\OC(=O)CCl)c1ccccc1. The molecule has 0 heterocycles. The van der Waals surface area contributed by atoms with Crippen LogP contribution < -0.4 is 5.73 Å². The number of nitrogens with zero attached hydrogens (tertiary/aromatic N) is 1. The van der Waals surface area contributed by atoms with Gasteiger partial charge in [-0.25, -0.2) is 4.79 Å². The summed E-state index contributed by atoms with van der Waals surface area (Å²) in [5.74, 6) is -0.736. The van der Waals surface area contributed by atoms with Gasteiger partial charge in [-0.15, -0.1) is 11.6 Å². The van der Waals surface area contributed by atoms with Crippen LogP contribution >= 0.6 is 11.6 Å². The molecule has 0 aliphatic carbocycles. The van der Waals surface area contributed by atoms with Crippen LogP contribution in [0, 0.1) is 0 Å². The summed E-state index contributed by atoms with van der Waals surface area (Å²) in [6.07, 6.45) is 0. The fourth-order valence-corrected chi connectivity index (χ4v) is 0.835. The third-order valence-corrected chi connectivity index (χ3v) is 1.64. The highest BCUT2D eigenvalue weighted by Crippen LogP contribution is 1.98. The molecule has 0 saturated heterocycles. The van der Waals surface area contributed by atoms with E-state index < -0.39 is 5.97 Å². The molecule has 0 unspecified atom stereocenters. The molecule has 0 aliphatic rings. The zero-order chi connectivity index (χ0) is 10.4.